The minimum Gasteiger partial charge on any atom is -0.494 e. The molecule has 0 fully saturated rings. The van der Waals surface area contributed by atoms with Gasteiger partial charge in [-0.25, -0.2) is 4.39 Å². The second kappa shape index (κ2) is 3.17. The van der Waals surface area contributed by atoms with Crippen LogP contribution >= 0.6 is 11.6 Å². The van der Waals surface area contributed by atoms with Crippen molar-refractivity contribution in [1.29, 1.82) is 0 Å². The molecule has 0 aliphatic heterocycles. The van der Waals surface area contributed by atoms with E-state index in [1.54, 1.807) is 19.1 Å². The first kappa shape index (κ1) is 9.34. The molecule has 4 heteroatoms. The molecule has 0 saturated heterocycles. The van der Waals surface area contributed by atoms with Gasteiger partial charge in [-0.3, -0.25) is 0 Å². The van der Waals surface area contributed by atoms with Crippen LogP contribution in [-0.2, 0) is 0 Å². The average molecular weight is 215 g/mol. The third-order valence-corrected chi connectivity index (χ3v) is 2.34. The molecule has 2 rings (SSSR count). The molecule has 0 aliphatic carbocycles. The predicted octanol–water partition coefficient (Wildman–Crippen LogP) is 3.54. The van der Waals surface area contributed by atoms with Gasteiger partial charge in [-0.2, -0.15) is 0 Å². The van der Waals surface area contributed by atoms with Crippen molar-refractivity contribution in [2.45, 2.75) is 6.92 Å². The minimum absolute atomic E-state index is 0.0348. The van der Waals surface area contributed by atoms with E-state index in [1.807, 2.05) is 0 Å². The van der Waals surface area contributed by atoms with E-state index in [4.69, 9.17) is 20.8 Å². The molecule has 2 nitrogen and oxygen atoms in total. The third-order valence-electron chi connectivity index (χ3n) is 2.00. The Labute approximate surface area is 85.2 Å². The van der Waals surface area contributed by atoms with E-state index >= 15 is 0 Å². The number of benzene rings is 1. The maximum atomic E-state index is 13.4. The van der Waals surface area contributed by atoms with Gasteiger partial charge in [0.2, 0.25) is 0 Å². The van der Waals surface area contributed by atoms with Gasteiger partial charge in [-0.1, -0.05) is 11.6 Å². The molecule has 1 aromatic carbocycles. The number of furan rings is 1. The lowest BCUT2D eigenvalue weighted by Crippen LogP contribution is -1.88. The fraction of sp³-hybridized carbons (Fsp3) is 0.200. The monoisotopic (exact) mass is 214 g/mol. The molecule has 0 atom stereocenters. The van der Waals surface area contributed by atoms with Gasteiger partial charge in [-0.15, -0.1) is 0 Å². The summed E-state index contributed by atoms with van der Waals surface area (Å²) in [6.45, 7) is 1.78. The molecule has 0 spiro atoms. The summed E-state index contributed by atoms with van der Waals surface area (Å²) in [6.07, 6.45) is 0. The van der Waals surface area contributed by atoms with E-state index < -0.39 is 5.82 Å². The van der Waals surface area contributed by atoms with Crippen LogP contribution in [-0.4, -0.2) is 7.11 Å². The van der Waals surface area contributed by atoms with E-state index in [0.29, 0.717) is 11.3 Å². The number of methoxy groups -OCH3 is 1. The van der Waals surface area contributed by atoms with Crippen molar-refractivity contribution in [3.8, 4) is 5.75 Å². The Morgan fingerprint density at radius 2 is 2.14 bits per heavy atom. The first-order valence-corrected chi connectivity index (χ1v) is 4.43. The number of aryl methyl sites for hydroxylation is 1. The molecule has 0 bridgehead atoms. The highest BCUT2D eigenvalue weighted by molar-refractivity contribution is 6.35. The van der Waals surface area contributed by atoms with Crippen LogP contribution < -0.4 is 4.74 Å². The Morgan fingerprint density at radius 1 is 1.43 bits per heavy atom. The average Bonchev–Trinajstić information content (AvgIpc) is 2.52. The lowest BCUT2D eigenvalue weighted by atomic mass is 10.2. The van der Waals surface area contributed by atoms with Gasteiger partial charge >= 0.3 is 0 Å². The predicted molar refractivity (Wildman–Crippen MR) is 52.5 cm³/mol. The second-order valence-corrected chi connectivity index (χ2v) is 3.36. The molecule has 1 heterocycles. The zero-order valence-electron chi connectivity index (χ0n) is 7.73. The number of hydrogen-bond acceptors (Lipinski definition) is 2. The third kappa shape index (κ3) is 1.24. The van der Waals surface area contributed by atoms with Gasteiger partial charge in [0.25, 0.3) is 0 Å². The van der Waals surface area contributed by atoms with Gasteiger partial charge in [0.15, 0.2) is 17.1 Å². The Morgan fingerprint density at radius 3 is 2.79 bits per heavy atom. The van der Waals surface area contributed by atoms with E-state index in [0.717, 1.165) is 5.39 Å². The number of fused-ring (bicyclic) bond motifs is 1. The van der Waals surface area contributed by atoms with Crippen LogP contribution in [0.3, 0.4) is 0 Å². The summed E-state index contributed by atoms with van der Waals surface area (Å²) >= 11 is 5.77. The first-order valence-electron chi connectivity index (χ1n) is 4.05. The molecular weight excluding hydrogens is 207 g/mol. The van der Waals surface area contributed by atoms with Crippen LogP contribution in [0.25, 0.3) is 11.0 Å². The van der Waals surface area contributed by atoms with E-state index in [2.05, 4.69) is 0 Å². The van der Waals surface area contributed by atoms with Crippen LogP contribution in [0.1, 0.15) is 5.76 Å². The standard InChI is InChI=1S/C10H8ClFO2/c1-5-3-6-4-7(13-2)9(12)8(11)10(6)14-5/h3-4H,1-2H3. The molecule has 0 saturated carbocycles. The smallest absolute Gasteiger partial charge is 0.187 e. The summed E-state index contributed by atoms with van der Waals surface area (Å²) in [5.41, 5.74) is 0.363. The normalized spacial score (nSPS) is 10.9. The van der Waals surface area contributed by atoms with Crippen LogP contribution in [0.5, 0.6) is 5.75 Å². The van der Waals surface area contributed by atoms with Crippen molar-refractivity contribution in [3.05, 3.63) is 28.7 Å². The van der Waals surface area contributed by atoms with Gasteiger partial charge in [0.1, 0.15) is 10.8 Å². The summed E-state index contributed by atoms with van der Waals surface area (Å²) in [4.78, 5) is 0. The fourth-order valence-corrected chi connectivity index (χ4v) is 1.61. The largest absolute Gasteiger partial charge is 0.494 e. The fourth-order valence-electron chi connectivity index (χ4n) is 1.37. The lowest BCUT2D eigenvalue weighted by Gasteiger charge is -2.02. The SMILES string of the molecule is COc1cc2cc(C)oc2c(Cl)c1F. The molecule has 0 amide bonds. The van der Waals surface area contributed by atoms with Crippen LogP contribution in [0.2, 0.25) is 5.02 Å². The minimum atomic E-state index is -0.587. The van der Waals surface area contributed by atoms with Crippen molar-refractivity contribution in [2.75, 3.05) is 7.11 Å². The van der Waals surface area contributed by atoms with Crippen molar-refractivity contribution in [3.63, 3.8) is 0 Å². The zero-order valence-corrected chi connectivity index (χ0v) is 8.48. The molecule has 0 N–H and O–H groups in total. The number of halogens is 2. The summed E-state index contributed by atoms with van der Waals surface area (Å²) in [6, 6.07) is 3.34. The Kier molecular flexibility index (Phi) is 2.11. The molecule has 2 aromatic rings. The summed E-state index contributed by atoms with van der Waals surface area (Å²) in [5, 5.41) is 0.707. The van der Waals surface area contributed by atoms with Gasteiger partial charge in [0.05, 0.1) is 7.11 Å². The highest BCUT2D eigenvalue weighted by Crippen LogP contribution is 2.34. The maximum absolute atomic E-state index is 13.4. The van der Waals surface area contributed by atoms with Crippen molar-refractivity contribution < 1.29 is 13.5 Å². The number of hydrogen-bond donors (Lipinski definition) is 0. The molecular formula is C10H8ClFO2. The second-order valence-electron chi connectivity index (χ2n) is 2.98. The van der Waals surface area contributed by atoms with E-state index in [-0.39, 0.29) is 10.8 Å². The molecule has 0 radical (unpaired) electrons. The maximum Gasteiger partial charge on any atom is 0.187 e. The highest BCUT2D eigenvalue weighted by Gasteiger charge is 2.15. The summed E-state index contributed by atoms with van der Waals surface area (Å²) < 4.78 is 23.5. The summed E-state index contributed by atoms with van der Waals surface area (Å²) in [5.74, 6) is 0.230. The van der Waals surface area contributed by atoms with Crippen LogP contribution in [0.15, 0.2) is 16.5 Å². The Hall–Kier alpha value is -1.22. The van der Waals surface area contributed by atoms with Crippen LogP contribution in [0, 0.1) is 12.7 Å². The van der Waals surface area contributed by atoms with Crippen molar-refractivity contribution in [1.82, 2.24) is 0 Å². The van der Waals surface area contributed by atoms with Gasteiger partial charge in [0, 0.05) is 5.39 Å². The van der Waals surface area contributed by atoms with Crippen molar-refractivity contribution in [2.24, 2.45) is 0 Å². The molecule has 74 valence electrons. The Balaban J connectivity index is 2.84. The quantitative estimate of drug-likeness (QED) is 0.725. The lowest BCUT2D eigenvalue weighted by molar-refractivity contribution is 0.387. The van der Waals surface area contributed by atoms with E-state index in [9.17, 15) is 4.39 Å². The number of ether oxygens (including phenoxy) is 1. The van der Waals surface area contributed by atoms with E-state index in [1.165, 1.54) is 7.11 Å². The van der Waals surface area contributed by atoms with Crippen molar-refractivity contribution >= 4 is 22.6 Å². The summed E-state index contributed by atoms with van der Waals surface area (Å²) in [7, 11) is 1.40. The Bertz CT molecular complexity index is 490. The zero-order chi connectivity index (χ0) is 10.3. The molecule has 0 unspecified atom stereocenters. The van der Waals surface area contributed by atoms with Gasteiger partial charge < -0.3 is 9.15 Å². The molecule has 1 aromatic heterocycles. The topological polar surface area (TPSA) is 22.4 Å². The van der Waals surface area contributed by atoms with Gasteiger partial charge in [-0.05, 0) is 19.1 Å². The molecule has 14 heavy (non-hydrogen) atoms. The highest BCUT2D eigenvalue weighted by atomic mass is 35.5. The molecule has 0 aliphatic rings. The first-order chi connectivity index (χ1) is 6.63. The van der Waals surface area contributed by atoms with Crippen LogP contribution in [0.4, 0.5) is 4.39 Å². The number of rotatable bonds is 1.